The van der Waals surface area contributed by atoms with Crippen LogP contribution in [0.15, 0.2) is 18.2 Å². The van der Waals surface area contributed by atoms with E-state index in [0.717, 1.165) is 12.0 Å². The molecule has 0 bridgehead atoms. The molecule has 1 rings (SSSR count). The van der Waals surface area contributed by atoms with Gasteiger partial charge in [-0.25, -0.2) is 0 Å². The van der Waals surface area contributed by atoms with Crippen molar-refractivity contribution in [1.82, 2.24) is 0 Å². The maximum absolute atomic E-state index is 11.0. The highest BCUT2D eigenvalue weighted by atomic mass is 16.6. The van der Waals surface area contributed by atoms with Crippen LogP contribution in [0.5, 0.6) is 11.5 Å². The van der Waals surface area contributed by atoms with Crippen LogP contribution < -0.4 is 9.47 Å². The lowest BCUT2D eigenvalue weighted by Gasteiger charge is -2.19. The number of hydrogen-bond acceptors (Lipinski definition) is 3. The van der Waals surface area contributed by atoms with E-state index in [9.17, 15) is 4.79 Å². The molecule has 0 saturated carbocycles. The minimum Gasteiger partial charge on any atom is -0.493 e. The average Bonchev–Trinajstić information content (AvgIpc) is 2.14. The monoisotopic (exact) mass is 236 g/mol. The summed E-state index contributed by atoms with van der Waals surface area (Å²) < 4.78 is 10.3. The van der Waals surface area contributed by atoms with E-state index in [2.05, 4.69) is 20.8 Å². The second kappa shape index (κ2) is 5.21. The quantitative estimate of drug-likeness (QED) is 0.597. The van der Waals surface area contributed by atoms with Crippen LogP contribution >= 0.6 is 0 Å². The standard InChI is InChI=1S/C14H20O3/c1-10(15)17-13-8-11(9-14(2,3)4)6-7-12(13)16-5/h6-8H,9H2,1-5H3. The number of rotatable bonds is 3. The lowest BCUT2D eigenvalue weighted by Crippen LogP contribution is -2.10. The third-order valence-corrected chi connectivity index (χ3v) is 2.22. The van der Waals surface area contributed by atoms with Crippen LogP contribution in [0.25, 0.3) is 0 Å². The molecule has 0 radical (unpaired) electrons. The summed E-state index contributed by atoms with van der Waals surface area (Å²) in [7, 11) is 1.56. The van der Waals surface area contributed by atoms with Gasteiger partial charge in [-0.05, 0) is 29.5 Å². The minimum absolute atomic E-state index is 0.197. The first-order valence-electron chi connectivity index (χ1n) is 5.67. The summed E-state index contributed by atoms with van der Waals surface area (Å²) in [6, 6.07) is 5.70. The number of hydrogen-bond donors (Lipinski definition) is 0. The summed E-state index contributed by atoms with van der Waals surface area (Å²) in [5.41, 5.74) is 1.33. The van der Waals surface area contributed by atoms with E-state index in [-0.39, 0.29) is 11.4 Å². The van der Waals surface area contributed by atoms with Crippen molar-refractivity contribution in [3.05, 3.63) is 23.8 Å². The first-order chi connectivity index (χ1) is 7.81. The van der Waals surface area contributed by atoms with E-state index < -0.39 is 0 Å². The Balaban J connectivity index is 3.00. The second-order valence-corrected chi connectivity index (χ2v) is 5.32. The Kier molecular flexibility index (Phi) is 4.16. The van der Waals surface area contributed by atoms with Gasteiger partial charge in [0.2, 0.25) is 0 Å². The van der Waals surface area contributed by atoms with E-state index in [1.165, 1.54) is 6.92 Å². The molecule has 0 aliphatic carbocycles. The molecule has 0 aromatic heterocycles. The van der Waals surface area contributed by atoms with Crippen molar-refractivity contribution in [3.63, 3.8) is 0 Å². The fourth-order valence-corrected chi connectivity index (χ4v) is 1.68. The molecule has 0 spiro atoms. The molecule has 1 aromatic carbocycles. The van der Waals surface area contributed by atoms with Crippen LogP contribution in [0.4, 0.5) is 0 Å². The van der Waals surface area contributed by atoms with Gasteiger partial charge in [0.1, 0.15) is 0 Å². The highest BCUT2D eigenvalue weighted by Crippen LogP contribution is 2.30. The molecule has 3 nitrogen and oxygen atoms in total. The molecule has 0 amide bonds. The van der Waals surface area contributed by atoms with E-state index in [1.807, 2.05) is 18.2 Å². The third-order valence-electron chi connectivity index (χ3n) is 2.22. The van der Waals surface area contributed by atoms with E-state index >= 15 is 0 Å². The molecule has 17 heavy (non-hydrogen) atoms. The Bertz CT molecular complexity index is 402. The van der Waals surface area contributed by atoms with Crippen molar-refractivity contribution in [2.75, 3.05) is 7.11 Å². The second-order valence-electron chi connectivity index (χ2n) is 5.32. The predicted octanol–water partition coefficient (Wildman–Crippen LogP) is 3.21. The maximum atomic E-state index is 11.0. The molecule has 0 aliphatic rings. The largest absolute Gasteiger partial charge is 0.493 e. The molecule has 0 atom stereocenters. The fourth-order valence-electron chi connectivity index (χ4n) is 1.68. The maximum Gasteiger partial charge on any atom is 0.308 e. The average molecular weight is 236 g/mol. The summed E-state index contributed by atoms with van der Waals surface area (Å²) in [6.07, 6.45) is 0.922. The van der Waals surface area contributed by atoms with Crippen LogP contribution in [0.2, 0.25) is 0 Å². The first kappa shape index (κ1) is 13.6. The zero-order valence-corrected chi connectivity index (χ0v) is 11.2. The Morgan fingerprint density at radius 3 is 2.35 bits per heavy atom. The SMILES string of the molecule is COc1ccc(CC(C)(C)C)cc1OC(C)=O. The topological polar surface area (TPSA) is 35.5 Å². The Morgan fingerprint density at radius 1 is 1.24 bits per heavy atom. The summed E-state index contributed by atoms with van der Waals surface area (Å²) >= 11 is 0. The van der Waals surface area contributed by atoms with E-state index in [4.69, 9.17) is 9.47 Å². The highest BCUT2D eigenvalue weighted by Gasteiger charge is 2.14. The van der Waals surface area contributed by atoms with Gasteiger partial charge in [0.15, 0.2) is 11.5 Å². The molecular weight excluding hydrogens is 216 g/mol. The lowest BCUT2D eigenvalue weighted by atomic mass is 9.88. The highest BCUT2D eigenvalue weighted by molar-refractivity contribution is 5.70. The summed E-state index contributed by atoms with van der Waals surface area (Å²) in [4.78, 5) is 11.0. The van der Waals surface area contributed by atoms with Crippen LogP contribution in [0.1, 0.15) is 33.3 Å². The smallest absolute Gasteiger partial charge is 0.308 e. The van der Waals surface area contributed by atoms with Gasteiger partial charge in [-0.15, -0.1) is 0 Å². The zero-order chi connectivity index (χ0) is 13.1. The van der Waals surface area contributed by atoms with Gasteiger partial charge < -0.3 is 9.47 Å². The molecule has 0 fully saturated rings. The number of benzene rings is 1. The van der Waals surface area contributed by atoms with Crippen molar-refractivity contribution in [1.29, 1.82) is 0 Å². The van der Waals surface area contributed by atoms with Gasteiger partial charge in [-0.3, -0.25) is 4.79 Å². The van der Waals surface area contributed by atoms with Gasteiger partial charge in [0.25, 0.3) is 0 Å². The lowest BCUT2D eigenvalue weighted by molar-refractivity contribution is -0.132. The molecule has 1 aromatic rings. The Labute approximate surface area is 103 Å². The molecule has 0 aliphatic heterocycles. The number of esters is 1. The van der Waals surface area contributed by atoms with Crippen molar-refractivity contribution in [2.45, 2.75) is 34.1 Å². The number of carbonyl (C=O) groups excluding carboxylic acids is 1. The fraction of sp³-hybridized carbons (Fsp3) is 0.500. The molecule has 0 heterocycles. The van der Waals surface area contributed by atoms with Crippen LogP contribution in [-0.4, -0.2) is 13.1 Å². The van der Waals surface area contributed by atoms with Crippen LogP contribution in [0.3, 0.4) is 0 Å². The van der Waals surface area contributed by atoms with Gasteiger partial charge in [-0.2, -0.15) is 0 Å². The first-order valence-corrected chi connectivity index (χ1v) is 5.67. The van der Waals surface area contributed by atoms with E-state index in [1.54, 1.807) is 7.11 Å². The molecule has 94 valence electrons. The van der Waals surface area contributed by atoms with Crippen LogP contribution in [0, 0.1) is 5.41 Å². The molecular formula is C14H20O3. The van der Waals surface area contributed by atoms with Gasteiger partial charge in [0, 0.05) is 6.92 Å². The molecule has 0 saturated heterocycles. The number of ether oxygens (including phenoxy) is 2. The number of carbonyl (C=O) groups is 1. The zero-order valence-electron chi connectivity index (χ0n) is 11.2. The van der Waals surface area contributed by atoms with Crippen molar-refractivity contribution in [2.24, 2.45) is 5.41 Å². The normalized spacial score (nSPS) is 11.1. The van der Waals surface area contributed by atoms with E-state index in [0.29, 0.717) is 11.5 Å². The minimum atomic E-state index is -0.337. The Morgan fingerprint density at radius 2 is 1.88 bits per heavy atom. The molecule has 0 N–H and O–H groups in total. The summed E-state index contributed by atoms with van der Waals surface area (Å²) in [6.45, 7) is 7.89. The van der Waals surface area contributed by atoms with Crippen LogP contribution in [-0.2, 0) is 11.2 Å². The predicted molar refractivity (Wildman–Crippen MR) is 67.5 cm³/mol. The van der Waals surface area contributed by atoms with Gasteiger partial charge in [0.05, 0.1) is 7.11 Å². The summed E-state index contributed by atoms with van der Waals surface area (Å²) in [5.74, 6) is 0.732. The van der Waals surface area contributed by atoms with Gasteiger partial charge >= 0.3 is 5.97 Å². The van der Waals surface area contributed by atoms with Crippen molar-refractivity contribution < 1.29 is 14.3 Å². The molecule has 0 unspecified atom stereocenters. The summed E-state index contributed by atoms with van der Waals surface area (Å²) in [5, 5.41) is 0. The van der Waals surface area contributed by atoms with Crippen molar-refractivity contribution >= 4 is 5.97 Å². The van der Waals surface area contributed by atoms with Gasteiger partial charge in [-0.1, -0.05) is 26.8 Å². The van der Waals surface area contributed by atoms with Crippen molar-refractivity contribution in [3.8, 4) is 11.5 Å². The number of methoxy groups -OCH3 is 1. The third kappa shape index (κ3) is 4.47. The molecule has 3 heteroatoms. The Hall–Kier alpha value is -1.51.